The Hall–Kier alpha value is -3.38. The summed E-state index contributed by atoms with van der Waals surface area (Å²) in [6.45, 7) is 16.1. The smallest absolute Gasteiger partial charge is 0.329 e. The highest BCUT2D eigenvalue weighted by atomic mass is 79.9. The first-order chi connectivity index (χ1) is 33.4. The fourth-order valence-corrected chi connectivity index (χ4v) is 10.6. The summed E-state index contributed by atoms with van der Waals surface area (Å²) in [6.07, 6.45) is 10.9. The molecule has 0 aromatic heterocycles. The summed E-state index contributed by atoms with van der Waals surface area (Å²) >= 11 is 3.38. The number of hydrogen-bond donors (Lipinski definition) is 2. The number of alkyl halides is 1. The van der Waals surface area contributed by atoms with Gasteiger partial charge in [0.25, 0.3) is 11.7 Å². The summed E-state index contributed by atoms with van der Waals surface area (Å²) in [5, 5.41) is 23.5. The molecule has 2 N–H and O–H groups in total. The number of carbonyl (C=O) groups is 6. The van der Waals surface area contributed by atoms with Gasteiger partial charge in [0.05, 0.1) is 24.4 Å². The van der Waals surface area contributed by atoms with Crippen molar-refractivity contribution in [1.29, 1.82) is 0 Å². The monoisotopic (exact) mass is 1060 g/mol. The van der Waals surface area contributed by atoms with Crippen molar-refractivity contribution >= 4 is 51.1 Å². The number of carbonyl (C=O) groups excluding carboxylic acids is 6. The molecule has 400 valence electrons. The van der Waals surface area contributed by atoms with Gasteiger partial charge in [-0.25, -0.2) is 4.79 Å². The van der Waals surface area contributed by atoms with Crippen molar-refractivity contribution in [2.75, 3.05) is 27.9 Å². The number of aliphatic hydroxyl groups is 2. The first-order valence-electron chi connectivity index (χ1n) is 25.8. The van der Waals surface area contributed by atoms with Gasteiger partial charge in [0, 0.05) is 58.5 Å². The number of rotatable bonds is 8. The molecule has 0 aromatic carbocycles. The molecular weight excluding hydrogens is 979 g/mol. The van der Waals surface area contributed by atoms with E-state index in [-0.39, 0.29) is 48.9 Å². The highest BCUT2D eigenvalue weighted by Crippen LogP contribution is 2.38. The minimum Gasteiger partial charge on any atom is -0.460 e. The van der Waals surface area contributed by atoms with Crippen LogP contribution in [0.2, 0.25) is 0 Å². The second kappa shape index (κ2) is 27.2. The molecule has 0 aromatic rings. The van der Waals surface area contributed by atoms with E-state index in [0.717, 1.165) is 5.57 Å². The first kappa shape index (κ1) is 60.2. The molecule has 2 saturated heterocycles. The zero-order valence-electron chi connectivity index (χ0n) is 44.4. The number of piperidine rings is 1. The van der Waals surface area contributed by atoms with Crippen LogP contribution in [0.4, 0.5) is 0 Å². The Bertz CT molecular complexity index is 1970. The standard InChI is InChI=1S/C55H84BrNO14/c1-32-18-14-13-15-19-33(2)44(66-10)30-40-23-21-38(7)55(65,71-40)50(61)51(62)57-25-17-16-20-41(57)52(63)69-45(31-42(58)34(3)27-37(6)48(60)49(68-12)47(59)36(5)26-32)35(4)28-39-22-24-43(46(29-39)67-11)70-53(64)54(8,9)56/h13-15,18-19,27,32,35-41,43-46,48-49,60,65H,16-17,20-26,28-31H2,1-12H3/b15-13?,18-14?,33-19?,34-27+/t32?,35-,36+,37?,38+,39-,40-,41?,43+,44-,45-,46+,48+,49?,55+/m0/s1. The van der Waals surface area contributed by atoms with Crippen molar-refractivity contribution in [1.82, 2.24) is 4.90 Å². The van der Waals surface area contributed by atoms with E-state index < -0.39 is 100 Å². The van der Waals surface area contributed by atoms with Gasteiger partial charge in [0.2, 0.25) is 5.79 Å². The lowest BCUT2D eigenvalue weighted by atomic mass is 9.78. The van der Waals surface area contributed by atoms with E-state index in [1.807, 2.05) is 58.1 Å². The van der Waals surface area contributed by atoms with Gasteiger partial charge in [0.1, 0.15) is 28.7 Å². The van der Waals surface area contributed by atoms with E-state index in [4.69, 9.17) is 28.4 Å². The largest absolute Gasteiger partial charge is 0.460 e. The Morgan fingerprint density at radius 3 is 2.25 bits per heavy atom. The van der Waals surface area contributed by atoms with Crippen LogP contribution in [0.25, 0.3) is 0 Å². The van der Waals surface area contributed by atoms with Crippen molar-refractivity contribution < 1.29 is 67.4 Å². The Labute approximate surface area is 431 Å². The molecule has 1 amide bonds. The third-order valence-electron chi connectivity index (χ3n) is 15.2. The van der Waals surface area contributed by atoms with Crippen LogP contribution in [0.5, 0.6) is 0 Å². The zero-order chi connectivity index (χ0) is 53.0. The van der Waals surface area contributed by atoms with Crippen LogP contribution >= 0.6 is 15.9 Å². The summed E-state index contributed by atoms with van der Waals surface area (Å²) < 4.78 is 34.7. The Kier molecular flexibility index (Phi) is 23.1. The Morgan fingerprint density at radius 1 is 0.901 bits per heavy atom. The van der Waals surface area contributed by atoms with Crippen molar-refractivity contribution in [2.24, 2.45) is 35.5 Å². The molecule has 1 saturated carbocycles. The number of amides is 1. The van der Waals surface area contributed by atoms with Crippen LogP contribution < -0.4 is 0 Å². The summed E-state index contributed by atoms with van der Waals surface area (Å²) in [5.41, 5.74) is 1.17. The first-order valence-corrected chi connectivity index (χ1v) is 26.5. The van der Waals surface area contributed by atoms with Crippen molar-refractivity contribution in [2.45, 2.75) is 198 Å². The molecule has 1 aliphatic carbocycles. The molecule has 0 radical (unpaired) electrons. The molecule has 3 fully saturated rings. The summed E-state index contributed by atoms with van der Waals surface area (Å²) in [6, 6.07) is -1.17. The van der Waals surface area contributed by atoms with Crippen molar-refractivity contribution in [3.8, 4) is 0 Å². The van der Waals surface area contributed by atoms with Crippen LogP contribution in [0.15, 0.2) is 47.6 Å². The molecule has 15 atom stereocenters. The topological polar surface area (TPSA) is 201 Å². The predicted molar refractivity (Wildman–Crippen MR) is 272 cm³/mol. The van der Waals surface area contributed by atoms with Crippen molar-refractivity contribution in [3.05, 3.63) is 47.6 Å². The van der Waals surface area contributed by atoms with E-state index in [1.165, 1.54) is 12.0 Å². The Morgan fingerprint density at radius 2 is 1.61 bits per heavy atom. The van der Waals surface area contributed by atoms with Crippen LogP contribution in [0.1, 0.15) is 139 Å². The number of ether oxygens (including phenoxy) is 6. The molecule has 2 bridgehead atoms. The van der Waals surface area contributed by atoms with Crippen LogP contribution in [0, 0.1) is 35.5 Å². The van der Waals surface area contributed by atoms with E-state index in [0.29, 0.717) is 69.8 Å². The number of fused-ring (bicyclic) bond motifs is 3. The molecule has 16 heteroatoms. The number of nitrogens with zero attached hydrogens (tertiary/aromatic N) is 1. The normalized spacial score (nSPS) is 36.5. The average Bonchev–Trinajstić information content (AvgIpc) is 3.33. The van der Waals surface area contributed by atoms with E-state index >= 15 is 0 Å². The number of allylic oxidation sites excluding steroid dienone is 6. The maximum absolute atomic E-state index is 14.5. The van der Waals surface area contributed by atoms with Gasteiger partial charge in [-0.15, -0.1) is 0 Å². The third-order valence-corrected chi connectivity index (χ3v) is 15.5. The molecule has 4 aliphatic rings. The van der Waals surface area contributed by atoms with Crippen LogP contribution in [0.3, 0.4) is 0 Å². The van der Waals surface area contributed by atoms with Gasteiger partial charge >= 0.3 is 11.9 Å². The lowest BCUT2D eigenvalue weighted by Gasteiger charge is -2.42. The zero-order valence-corrected chi connectivity index (χ0v) is 45.9. The van der Waals surface area contributed by atoms with Crippen molar-refractivity contribution in [3.63, 3.8) is 0 Å². The molecule has 3 heterocycles. The van der Waals surface area contributed by atoms with E-state index in [2.05, 4.69) is 15.9 Å². The maximum atomic E-state index is 14.5. The highest BCUT2D eigenvalue weighted by molar-refractivity contribution is 9.10. The second-order valence-electron chi connectivity index (χ2n) is 21.5. The summed E-state index contributed by atoms with van der Waals surface area (Å²) in [5.74, 6) is -8.61. The number of methoxy groups -OCH3 is 3. The minimum atomic E-state index is -2.45. The predicted octanol–water partition coefficient (Wildman–Crippen LogP) is 7.91. The molecule has 4 rings (SSSR count). The van der Waals surface area contributed by atoms with Gasteiger partial charge in [-0.3, -0.25) is 24.0 Å². The highest BCUT2D eigenvalue weighted by Gasteiger charge is 2.53. The van der Waals surface area contributed by atoms with E-state index in [9.17, 15) is 39.0 Å². The lowest BCUT2D eigenvalue weighted by Crippen LogP contribution is -2.61. The number of aliphatic hydroxyl groups excluding tert-OH is 1. The van der Waals surface area contributed by atoms with Gasteiger partial charge in [-0.05, 0) is 121 Å². The number of halogens is 1. The SMILES string of the molecule is COC1C(=O)[C@H](C)CC(C)C=CC=CC=C(C)[C@@H](OC)C[C@@H]2CC[C@@H](C)[C@@](O)(O2)C(=O)C(=O)N2CCCCC2C(=O)O[C@H]([C@@H](C)C[C@@H]2CC[C@@H](OC(=O)C(C)(C)Br)[C@H](OC)C2)CC(=O)/C(C)=C/C(C)[C@H]1O. The van der Waals surface area contributed by atoms with Gasteiger partial charge < -0.3 is 43.5 Å². The molecule has 71 heavy (non-hydrogen) atoms. The van der Waals surface area contributed by atoms with Crippen LogP contribution in [-0.2, 0) is 57.2 Å². The minimum absolute atomic E-state index is 0.00975. The van der Waals surface area contributed by atoms with Gasteiger partial charge in [0.15, 0.2) is 11.6 Å². The van der Waals surface area contributed by atoms with Gasteiger partial charge in [-0.2, -0.15) is 0 Å². The number of ketones is 3. The number of cyclic esters (lactones) is 1. The average molecular weight is 1060 g/mol. The second-order valence-corrected chi connectivity index (χ2v) is 23.4. The number of esters is 2. The number of Topliss-reactive ketones (excluding diaryl/α,β-unsaturated/α-hetero) is 3. The Balaban J connectivity index is 1.70. The molecule has 0 spiro atoms. The molecule has 4 unspecified atom stereocenters. The molecular formula is C55H84BrNO14. The maximum Gasteiger partial charge on any atom is 0.329 e. The molecule has 3 aliphatic heterocycles. The van der Waals surface area contributed by atoms with E-state index in [1.54, 1.807) is 54.9 Å². The summed E-state index contributed by atoms with van der Waals surface area (Å²) in [7, 11) is 4.53. The fourth-order valence-electron chi connectivity index (χ4n) is 10.5. The van der Waals surface area contributed by atoms with Crippen LogP contribution in [-0.4, -0.2) is 137 Å². The third kappa shape index (κ3) is 16.3. The summed E-state index contributed by atoms with van der Waals surface area (Å²) in [4.78, 5) is 85.1. The fraction of sp³-hybridized carbons (Fsp3) is 0.745. The lowest BCUT2D eigenvalue weighted by molar-refractivity contribution is -0.265. The quantitative estimate of drug-likeness (QED) is 0.135. The van der Waals surface area contributed by atoms with Gasteiger partial charge in [-0.1, -0.05) is 87.0 Å². The number of hydrogen-bond acceptors (Lipinski definition) is 14. The molecule has 15 nitrogen and oxygen atoms in total.